The van der Waals surface area contributed by atoms with Crippen molar-refractivity contribution in [2.75, 3.05) is 39.6 Å². The Kier molecular flexibility index (Phi) is 68.1. The van der Waals surface area contributed by atoms with Gasteiger partial charge >= 0.3 is 39.5 Å². The van der Waals surface area contributed by atoms with Crippen LogP contribution in [0, 0.1) is 17.8 Å². The van der Waals surface area contributed by atoms with Crippen molar-refractivity contribution in [1.29, 1.82) is 0 Å². The highest BCUT2D eigenvalue weighted by molar-refractivity contribution is 7.47. The van der Waals surface area contributed by atoms with E-state index in [0.29, 0.717) is 25.7 Å². The summed E-state index contributed by atoms with van der Waals surface area (Å²) in [6.45, 7) is 11.9. The second kappa shape index (κ2) is 69.4. The first-order valence-corrected chi connectivity index (χ1v) is 43.9. The lowest BCUT2D eigenvalue weighted by molar-refractivity contribution is -0.161. The van der Waals surface area contributed by atoms with Gasteiger partial charge in [0.25, 0.3) is 0 Å². The van der Waals surface area contributed by atoms with Gasteiger partial charge in [-0.05, 0) is 43.4 Å². The predicted molar refractivity (Wildman–Crippen MR) is 400 cm³/mol. The molecule has 4 unspecified atom stereocenters. The van der Waals surface area contributed by atoms with Crippen LogP contribution in [0.4, 0.5) is 0 Å². The molecule has 17 nitrogen and oxygen atoms in total. The molecule has 98 heavy (non-hydrogen) atoms. The number of carbonyl (C=O) groups excluding carboxylic acids is 4. The first-order chi connectivity index (χ1) is 47.3. The van der Waals surface area contributed by atoms with E-state index in [1.165, 1.54) is 218 Å². The normalized spacial score (nSPS) is 14.6. The molecule has 0 radical (unpaired) electrons. The number of hydrogen-bond donors (Lipinski definition) is 3. The minimum atomic E-state index is -4.96. The Hall–Kier alpha value is -1.94. The Morgan fingerprint density at radius 1 is 0.296 bits per heavy atom. The highest BCUT2D eigenvalue weighted by Gasteiger charge is 2.30. The summed E-state index contributed by atoms with van der Waals surface area (Å²) in [6.07, 6.45) is 56.9. The van der Waals surface area contributed by atoms with Crippen molar-refractivity contribution in [1.82, 2.24) is 0 Å². The van der Waals surface area contributed by atoms with Gasteiger partial charge in [0.1, 0.15) is 19.3 Å². The zero-order valence-corrected chi connectivity index (χ0v) is 66.0. The maximum absolute atomic E-state index is 13.1. The summed E-state index contributed by atoms with van der Waals surface area (Å²) in [7, 11) is -9.92. The molecule has 0 spiro atoms. The minimum Gasteiger partial charge on any atom is -0.462 e. The number of ether oxygens (including phenoxy) is 4. The molecule has 0 aliphatic carbocycles. The third-order valence-electron chi connectivity index (χ3n) is 19.1. The van der Waals surface area contributed by atoms with E-state index < -0.39 is 97.5 Å². The summed E-state index contributed by atoms with van der Waals surface area (Å²) in [6, 6.07) is 0. The smallest absolute Gasteiger partial charge is 0.462 e. The fraction of sp³-hybridized carbons (Fsp3) is 0.949. The third-order valence-corrected chi connectivity index (χ3v) is 21.0. The maximum atomic E-state index is 13.1. The topological polar surface area (TPSA) is 237 Å². The zero-order valence-electron chi connectivity index (χ0n) is 64.3. The quantitative estimate of drug-likeness (QED) is 0.0222. The van der Waals surface area contributed by atoms with E-state index in [4.69, 9.17) is 37.0 Å². The van der Waals surface area contributed by atoms with Crippen LogP contribution < -0.4 is 0 Å². The number of phosphoric ester groups is 2. The number of hydrogen-bond acceptors (Lipinski definition) is 15. The van der Waals surface area contributed by atoms with Gasteiger partial charge in [-0.3, -0.25) is 37.3 Å². The fourth-order valence-corrected chi connectivity index (χ4v) is 13.6. The molecule has 0 aromatic rings. The van der Waals surface area contributed by atoms with E-state index in [0.717, 1.165) is 108 Å². The first kappa shape index (κ1) is 96.1. The van der Waals surface area contributed by atoms with Gasteiger partial charge in [0.05, 0.1) is 26.4 Å². The Balaban J connectivity index is 5.23. The number of rotatable bonds is 77. The van der Waals surface area contributed by atoms with Gasteiger partial charge < -0.3 is 33.8 Å². The number of unbranched alkanes of at least 4 members (excludes halogenated alkanes) is 43. The number of esters is 4. The monoisotopic (exact) mass is 1440 g/mol. The molecule has 0 bridgehead atoms. The molecule has 0 aromatic carbocycles. The molecule has 0 aliphatic heterocycles. The van der Waals surface area contributed by atoms with E-state index in [-0.39, 0.29) is 25.7 Å². The van der Waals surface area contributed by atoms with E-state index in [1.807, 2.05) is 0 Å². The Labute approximate surface area is 600 Å². The molecule has 3 N–H and O–H groups in total. The minimum absolute atomic E-state index is 0.104. The fourth-order valence-electron chi connectivity index (χ4n) is 12.1. The molecule has 0 heterocycles. The summed E-state index contributed by atoms with van der Waals surface area (Å²) >= 11 is 0. The van der Waals surface area contributed by atoms with Gasteiger partial charge in [0.15, 0.2) is 12.2 Å². The van der Waals surface area contributed by atoms with Crippen molar-refractivity contribution in [3.63, 3.8) is 0 Å². The zero-order chi connectivity index (χ0) is 72.3. The molecule has 0 aromatic heterocycles. The van der Waals surface area contributed by atoms with Gasteiger partial charge in [0, 0.05) is 25.7 Å². The highest BCUT2D eigenvalue weighted by atomic mass is 31.2. The highest BCUT2D eigenvalue weighted by Crippen LogP contribution is 2.45. The second-order valence-corrected chi connectivity index (χ2v) is 32.3. The predicted octanol–water partition coefficient (Wildman–Crippen LogP) is 23.4. The van der Waals surface area contributed by atoms with Crippen LogP contribution in [0.1, 0.15) is 408 Å². The van der Waals surface area contributed by atoms with Crippen LogP contribution in [0.25, 0.3) is 0 Å². The van der Waals surface area contributed by atoms with Crippen molar-refractivity contribution in [2.24, 2.45) is 17.8 Å². The molecule has 19 heteroatoms. The summed E-state index contributed by atoms with van der Waals surface area (Å²) in [5.74, 6) is 0.188. The number of phosphoric acid groups is 2. The van der Waals surface area contributed by atoms with Crippen LogP contribution in [-0.4, -0.2) is 96.7 Å². The van der Waals surface area contributed by atoms with Crippen LogP contribution in [0.5, 0.6) is 0 Å². The Morgan fingerprint density at radius 2 is 0.520 bits per heavy atom. The van der Waals surface area contributed by atoms with E-state index in [2.05, 4.69) is 48.5 Å². The molecule has 0 fully saturated rings. The second-order valence-electron chi connectivity index (χ2n) is 29.4. The number of aliphatic hydroxyl groups excluding tert-OH is 1. The largest absolute Gasteiger partial charge is 0.472 e. The van der Waals surface area contributed by atoms with Crippen molar-refractivity contribution in [3.05, 3.63) is 0 Å². The van der Waals surface area contributed by atoms with E-state index in [1.54, 1.807) is 0 Å². The lowest BCUT2D eigenvalue weighted by atomic mass is 9.99. The summed E-state index contributed by atoms with van der Waals surface area (Å²) in [5.41, 5.74) is 0. The molecule has 0 aliphatic rings. The van der Waals surface area contributed by atoms with Crippen LogP contribution in [-0.2, 0) is 65.4 Å². The van der Waals surface area contributed by atoms with E-state index >= 15 is 0 Å². The van der Waals surface area contributed by atoms with E-state index in [9.17, 15) is 43.2 Å². The molecular weight excluding hydrogens is 1280 g/mol. The SMILES string of the molecule is CCCCCCCCCCCCCCCCCCCCCCCC(=O)O[C@H](COC(=O)CCCCCCCCCCCCC(C)C)COP(=O)(O)OC[C@@H](O)COP(=O)(O)OC[C@@H](COC(=O)CCCCCCCCCCC(C)CC)OC(=O)CCCCCCCCCCC(C)CC. The van der Waals surface area contributed by atoms with Gasteiger partial charge in [0.2, 0.25) is 0 Å². The molecule has 0 rings (SSSR count). The molecule has 582 valence electrons. The van der Waals surface area contributed by atoms with Crippen LogP contribution in [0.15, 0.2) is 0 Å². The summed E-state index contributed by atoms with van der Waals surface area (Å²) < 4.78 is 68.6. The average molecular weight is 1440 g/mol. The molecule has 7 atom stereocenters. The molecule has 0 amide bonds. The average Bonchev–Trinajstić information content (AvgIpc) is 0.941. The molecule has 0 saturated heterocycles. The van der Waals surface area contributed by atoms with Gasteiger partial charge in [-0.2, -0.15) is 0 Å². The number of carbonyl (C=O) groups is 4. The van der Waals surface area contributed by atoms with Crippen molar-refractivity contribution in [2.45, 2.75) is 426 Å². The lowest BCUT2D eigenvalue weighted by Crippen LogP contribution is -2.30. The summed E-state index contributed by atoms with van der Waals surface area (Å²) in [4.78, 5) is 72.9. The lowest BCUT2D eigenvalue weighted by Gasteiger charge is -2.21. The Morgan fingerprint density at radius 3 is 0.776 bits per heavy atom. The maximum Gasteiger partial charge on any atom is 0.472 e. The van der Waals surface area contributed by atoms with Gasteiger partial charge in [-0.15, -0.1) is 0 Å². The Bertz CT molecular complexity index is 1910. The summed E-state index contributed by atoms with van der Waals surface area (Å²) in [5, 5.41) is 10.6. The van der Waals surface area contributed by atoms with Crippen LogP contribution in [0.2, 0.25) is 0 Å². The van der Waals surface area contributed by atoms with Crippen molar-refractivity contribution < 1.29 is 80.2 Å². The number of aliphatic hydroxyl groups is 1. The van der Waals surface area contributed by atoms with Gasteiger partial charge in [-0.1, -0.05) is 357 Å². The van der Waals surface area contributed by atoms with Crippen molar-refractivity contribution >= 4 is 39.5 Å². The van der Waals surface area contributed by atoms with Gasteiger partial charge in [-0.25, -0.2) is 9.13 Å². The molecule has 0 saturated carbocycles. The standard InChI is InChI=1S/C79H154O17P2/c1-8-11-12-13-14-15-16-17-18-19-20-21-22-23-24-25-26-31-41-48-55-62-78(83)95-74(66-89-76(81)60-53-46-39-30-28-27-29-36-43-50-57-70(4)5)68-93-97(85,86)91-64-73(80)65-92-98(87,88)94-69-75(96-79(84)63-56-49-42-35-33-38-45-52-59-72(7)10-3)67-90-77(82)61-54-47-40-34-32-37-44-51-58-71(6)9-2/h70-75,80H,8-69H2,1-7H3,(H,85,86)(H,87,88)/t71?,72?,73-,74-,75-/m1/s1. The third kappa shape index (κ3) is 69.8. The molecular formula is C79H154O17P2. The van der Waals surface area contributed by atoms with Crippen LogP contribution >= 0.6 is 15.6 Å². The first-order valence-electron chi connectivity index (χ1n) is 40.9. The van der Waals surface area contributed by atoms with Crippen LogP contribution in [0.3, 0.4) is 0 Å². The van der Waals surface area contributed by atoms with Crippen molar-refractivity contribution in [3.8, 4) is 0 Å².